The summed E-state index contributed by atoms with van der Waals surface area (Å²) in [5, 5.41) is 13.2. The second-order valence-corrected chi connectivity index (χ2v) is 6.35. The number of carbonyl (C=O) groups is 1. The summed E-state index contributed by atoms with van der Waals surface area (Å²) in [5.41, 5.74) is 1.05. The van der Waals surface area contributed by atoms with Crippen molar-refractivity contribution in [1.82, 2.24) is 4.98 Å². The highest BCUT2D eigenvalue weighted by atomic mass is 32.2. The van der Waals surface area contributed by atoms with E-state index in [4.69, 9.17) is 0 Å². The standard InChI is InChI=1S/C14H20N2O2S/c1-3-19-11-6-4-5-10(11)16-13-12(14(17)18)9(2)7-8-15-13/h7-8,10-11H,3-6H2,1-2H3,(H,15,16)(H,17,18). The Morgan fingerprint density at radius 2 is 2.37 bits per heavy atom. The van der Waals surface area contributed by atoms with Crippen molar-refractivity contribution in [1.29, 1.82) is 0 Å². The molecule has 0 aromatic carbocycles. The Kier molecular flexibility index (Phi) is 4.69. The molecule has 19 heavy (non-hydrogen) atoms. The van der Waals surface area contributed by atoms with Crippen LogP contribution >= 0.6 is 11.8 Å². The number of hydrogen-bond acceptors (Lipinski definition) is 4. The number of anilines is 1. The zero-order valence-corrected chi connectivity index (χ0v) is 12.2. The lowest BCUT2D eigenvalue weighted by atomic mass is 10.1. The third-order valence-electron chi connectivity index (χ3n) is 3.53. The molecule has 2 unspecified atom stereocenters. The van der Waals surface area contributed by atoms with Crippen LogP contribution in [0.1, 0.15) is 42.1 Å². The summed E-state index contributed by atoms with van der Waals surface area (Å²) in [6.07, 6.45) is 5.15. The fraction of sp³-hybridized carbons (Fsp3) is 0.571. The number of nitrogens with zero attached hydrogens (tertiary/aromatic N) is 1. The average molecular weight is 280 g/mol. The molecule has 0 radical (unpaired) electrons. The highest BCUT2D eigenvalue weighted by Crippen LogP contribution is 2.32. The van der Waals surface area contributed by atoms with Crippen molar-refractivity contribution in [3.05, 3.63) is 23.4 Å². The zero-order chi connectivity index (χ0) is 13.8. The van der Waals surface area contributed by atoms with E-state index in [9.17, 15) is 9.90 Å². The van der Waals surface area contributed by atoms with Crippen LogP contribution in [0.4, 0.5) is 5.82 Å². The maximum atomic E-state index is 11.3. The predicted molar refractivity (Wildman–Crippen MR) is 79.1 cm³/mol. The van der Waals surface area contributed by atoms with Crippen molar-refractivity contribution in [2.24, 2.45) is 0 Å². The van der Waals surface area contributed by atoms with Crippen molar-refractivity contribution < 1.29 is 9.90 Å². The fourth-order valence-electron chi connectivity index (χ4n) is 2.62. The van der Waals surface area contributed by atoms with Gasteiger partial charge in [-0.15, -0.1) is 0 Å². The van der Waals surface area contributed by atoms with Gasteiger partial charge in [-0.2, -0.15) is 11.8 Å². The van der Waals surface area contributed by atoms with Crippen molar-refractivity contribution in [3.8, 4) is 0 Å². The molecule has 1 fully saturated rings. The second kappa shape index (κ2) is 6.28. The minimum absolute atomic E-state index is 0.301. The molecule has 1 aliphatic carbocycles. The van der Waals surface area contributed by atoms with Gasteiger partial charge in [-0.05, 0) is 37.1 Å². The van der Waals surface area contributed by atoms with Crippen LogP contribution < -0.4 is 5.32 Å². The first-order valence-corrected chi connectivity index (χ1v) is 7.75. The summed E-state index contributed by atoms with van der Waals surface area (Å²) in [6.45, 7) is 3.97. The highest BCUT2D eigenvalue weighted by molar-refractivity contribution is 7.99. The molecule has 104 valence electrons. The van der Waals surface area contributed by atoms with Crippen molar-refractivity contribution in [2.75, 3.05) is 11.1 Å². The Balaban J connectivity index is 2.19. The molecule has 1 saturated carbocycles. The minimum Gasteiger partial charge on any atom is -0.478 e. The van der Waals surface area contributed by atoms with Crippen molar-refractivity contribution in [2.45, 2.75) is 44.4 Å². The van der Waals surface area contributed by atoms with Crippen LogP contribution in [0.5, 0.6) is 0 Å². The van der Waals surface area contributed by atoms with E-state index < -0.39 is 5.97 Å². The van der Waals surface area contributed by atoms with Gasteiger partial charge in [-0.3, -0.25) is 0 Å². The van der Waals surface area contributed by atoms with E-state index in [2.05, 4.69) is 17.2 Å². The number of thioether (sulfide) groups is 1. The summed E-state index contributed by atoms with van der Waals surface area (Å²) >= 11 is 1.95. The van der Waals surface area contributed by atoms with Crippen LogP contribution in [0.2, 0.25) is 0 Å². The lowest BCUT2D eigenvalue weighted by Gasteiger charge is -2.22. The molecule has 1 aliphatic rings. The molecular weight excluding hydrogens is 260 g/mol. The molecule has 4 nitrogen and oxygen atoms in total. The molecule has 0 spiro atoms. The monoisotopic (exact) mass is 280 g/mol. The molecule has 0 aliphatic heterocycles. The van der Waals surface area contributed by atoms with Gasteiger partial charge < -0.3 is 10.4 Å². The van der Waals surface area contributed by atoms with Crippen LogP contribution in [0, 0.1) is 6.92 Å². The Morgan fingerprint density at radius 1 is 1.58 bits per heavy atom. The maximum absolute atomic E-state index is 11.3. The van der Waals surface area contributed by atoms with Gasteiger partial charge in [0.05, 0.1) is 0 Å². The van der Waals surface area contributed by atoms with Gasteiger partial charge in [0, 0.05) is 17.5 Å². The van der Waals surface area contributed by atoms with Gasteiger partial charge in [0.25, 0.3) is 0 Å². The second-order valence-electron chi connectivity index (χ2n) is 4.83. The lowest BCUT2D eigenvalue weighted by molar-refractivity contribution is 0.0697. The van der Waals surface area contributed by atoms with E-state index in [1.165, 1.54) is 12.8 Å². The molecule has 2 N–H and O–H groups in total. The Morgan fingerprint density at radius 3 is 3.05 bits per heavy atom. The Bertz CT molecular complexity index is 465. The molecule has 1 aromatic heterocycles. The van der Waals surface area contributed by atoms with Gasteiger partial charge in [0.2, 0.25) is 0 Å². The van der Waals surface area contributed by atoms with E-state index in [-0.39, 0.29) is 0 Å². The topological polar surface area (TPSA) is 62.2 Å². The molecule has 1 aromatic rings. The number of aromatic carboxylic acids is 1. The number of rotatable bonds is 5. The minimum atomic E-state index is -0.911. The summed E-state index contributed by atoms with van der Waals surface area (Å²) in [4.78, 5) is 15.6. The van der Waals surface area contributed by atoms with Gasteiger partial charge in [-0.1, -0.05) is 13.3 Å². The Hall–Kier alpha value is -1.23. The molecule has 0 saturated heterocycles. The fourth-order valence-corrected chi connectivity index (χ4v) is 3.82. The SMILES string of the molecule is CCSC1CCCC1Nc1nccc(C)c1C(=O)O. The first-order chi connectivity index (χ1) is 9.13. The summed E-state index contributed by atoms with van der Waals surface area (Å²) in [5.74, 6) is 0.697. The van der Waals surface area contributed by atoms with Gasteiger partial charge in [-0.25, -0.2) is 9.78 Å². The van der Waals surface area contributed by atoms with Crippen LogP contribution in [-0.2, 0) is 0 Å². The van der Waals surface area contributed by atoms with Crippen molar-refractivity contribution >= 4 is 23.5 Å². The number of hydrogen-bond donors (Lipinski definition) is 2. The van der Waals surface area contributed by atoms with E-state index in [1.54, 1.807) is 12.3 Å². The van der Waals surface area contributed by atoms with Gasteiger partial charge >= 0.3 is 5.97 Å². The summed E-state index contributed by atoms with van der Waals surface area (Å²) in [6, 6.07) is 2.07. The quantitative estimate of drug-likeness (QED) is 0.867. The molecule has 1 heterocycles. The molecular formula is C14H20N2O2S. The van der Waals surface area contributed by atoms with Gasteiger partial charge in [0.15, 0.2) is 0 Å². The highest BCUT2D eigenvalue weighted by Gasteiger charge is 2.28. The van der Waals surface area contributed by atoms with Crippen LogP contribution in [-0.4, -0.2) is 33.1 Å². The molecule has 5 heteroatoms. The molecule has 0 amide bonds. The maximum Gasteiger partial charge on any atom is 0.339 e. The normalized spacial score (nSPS) is 22.4. The van der Waals surface area contributed by atoms with E-state index >= 15 is 0 Å². The zero-order valence-electron chi connectivity index (χ0n) is 11.3. The Labute approximate surface area is 118 Å². The summed E-state index contributed by atoms with van der Waals surface area (Å²) < 4.78 is 0. The number of nitrogens with one attached hydrogen (secondary N) is 1. The van der Waals surface area contributed by atoms with Gasteiger partial charge in [0.1, 0.15) is 11.4 Å². The third kappa shape index (κ3) is 3.21. The lowest BCUT2D eigenvalue weighted by Crippen LogP contribution is -2.28. The van der Waals surface area contributed by atoms with E-state index in [1.807, 2.05) is 18.7 Å². The molecule has 0 bridgehead atoms. The van der Waals surface area contributed by atoms with Crippen LogP contribution in [0.15, 0.2) is 12.3 Å². The summed E-state index contributed by atoms with van der Waals surface area (Å²) in [7, 11) is 0. The van der Waals surface area contributed by atoms with E-state index in [0.29, 0.717) is 22.7 Å². The molecule has 2 atom stereocenters. The largest absolute Gasteiger partial charge is 0.478 e. The third-order valence-corrected chi connectivity index (χ3v) is 4.85. The first kappa shape index (κ1) is 14.2. The number of carboxylic acids is 1. The first-order valence-electron chi connectivity index (χ1n) is 6.70. The van der Waals surface area contributed by atoms with Crippen molar-refractivity contribution in [3.63, 3.8) is 0 Å². The van der Waals surface area contributed by atoms with Crippen LogP contribution in [0.25, 0.3) is 0 Å². The van der Waals surface area contributed by atoms with E-state index in [0.717, 1.165) is 17.7 Å². The number of carboxylic acid groups (broad SMARTS) is 1. The smallest absolute Gasteiger partial charge is 0.339 e. The number of aromatic nitrogens is 1. The number of aryl methyl sites for hydroxylation is 1. The average Bonchev–Trinajstić information content (AvgIpc) is 2.77. The van der Waals surface area contributed by atoms with Crippen LogP contribution in [0.3, 0.4) is 0 Å². The predicted octanol–water partition coefficient (Wildman–Crippen LogP) is 3.17. The number of pyridine rings is 1. The molecule has 2 rings (SSSR count).